The minimum absolute atomic E-state index is 0.00961. The number of carbonyl (C=O) groups excluding carboxylic acids is 3. The summed E-state index contributed by atoms with van der Waals surface area (Å²) in [5.41, 5.74) is 0.142. The number of ether oxygens (including phenoxy) is 1. The molecule has 0 spiro atoms. The molecule has 0 aliphatic carbocycles. The topological polar surface area (TPSA) is 128 Å². The standard InChI is InChI=1S/C17H23N3O6/c1-11(2)10-14(17(23)26-3)19-15(21)8-9-18-16(22)12-4-6-13(7-5-12)20(24)25/h4-7,11,14H,8-10H2,1-3H3,(H,18,22)(H,19,21)/t14-/m1/s1. The van der Waals surface area contributed by atoms with E-state index in [-0.39, 0.29) is 36.0 Å². The molecule has 0 aliphatic heterocycles. The second kappa shape index (κ2) is 10.1. The fraction of sp³-hybridized carbons (Fsp3) is 0.471. The average Bonchev–Trinajstić information content (AvgIpc) is 2.60. The number of esters is 1. The lowest BCUT2D eigenvalue weighted by Crippen LogP contribution is -2.43. The molecule has 0 saturated carbocycles. The molecule has 1 atom stereocenters. The highest BCUT2D eigenvalue weighted by molar-refractivity contribution is 5.94. The minimum atomic E-state index is -0.724. The third-order valence-corrected chi connectivity index (χ3v) is 3.51. The Balaban J connectivity index is 2.47. The van der Waals surface area contributed by atoms with E-state index in [0.717, 1.165) is 0 Å². The molecule has 1 aromatic rings. The Bertz CT molecular complexity index is 657. The predicted octanol–water partition coefficient (Wildman–Crippen LogP) is 1.42. The highest BCUT2D eigenvalue weighted by Gasteiger charge is 2.22. The van der Waals surface area contributed by atoms with Gasteiger partial charge in [-0.1, -0.05) is 13.8 Å². The van der Waals surface area contributed by atoms with E-state index >= 15 is 0 Å². The molecule has 2 amide bonds. The number of nitro groups is 1. The number of hydrogen-bond acceptors (Lipinski definition) is 6. The van der Waals surface area contributed by atoms with Gasteiger partial charge in [0.1, 0.15) is 6.04 Å². The van der Waals surface area contributed by atoms with Crippen LogP contribution in [-0.2, 0) is 14.3 Å². The predicted molar refractivity (Wildman–Crippen MR) is 93.4 cm³/mol. The molecule has 26 heavy (non-hydrogen) atoms. The van der Waals surface area contributed by atoms with Crippen LogP contribution in [0.25, 0.3) is 0 Å². The molecular weight excluding hydrogens is 342 g/mol. The second-order valence-electron chi connectivity index (χ2n) is 6.08. The Morgan fingerprint density at radius 1 is 1.19 bits per heavy atom. The van der Waals surface area contributed by atoms with Crippen LogP contribution in [-0.4, -0.2) is 42.4 Å². The third-order valence-electron chi connectivity index (χ3n) is 3.51. The molecule has 0 aliphatic rings. The number of amides is 2. The molecule has 0 aromatic heterocycles. The van der Waals surface area contributed by atoms with Gasteiger partial charge in [-0.2, -0.15) is 0 Å². The zero-order chi connectivity index (χ0) is 19.7. The van der Waals surface area contributed by atoms with Gasteiger partial charge in [-0.15, -0.1) is 0 Å². The van der Waals surface area contributed by atoms with Crippen molar-refractivity contribution in [2.75, 3.05) is 13.7 Å². The Labute approximate surface area is 151 Å². The monoisotopic (exact) mass is 365 g/mol. The summed E-state index contributed by atoms with van der Waals surface area (Å²) in [4.78, 5) is 45.6. The van der Waals surface area contributed by atoms with Crippen molar-refractivity contribution < 1.29 is 24.0 Å². The molecule has 0 saturated heterocycles. The van der Waals surface area contributed by atoms with Crippen molar-refractivity contribution in [2.45, 2.75) is 32.7 Å². The van der Waals surface area contributed by atoms with Crippen molar-refractivity contribution in [1.29, 1.82) is 0 Å². The van der Waals surface area contributed by atoms with Crippen LogP contribution in [0.4, 0.5) is 5.69 Å². The Morgan fingerprint density at radius 3 is 2.31 bits per heavy atom. The van der Waals surface area contributed by atoms with Gasteiger partial charge in [0, 0.05) is 30.7 Å². The van der Waals surface area contributed by atoms with Crippen molar-refractivity contribution in [2.24, 2.45) is 5.92 Å². The van der Waals surface area contributed by atoms with Crippen molar-refractivity contribution in [1.82, 2.24) is 10.6 Å². The lowest BCUT2D eigenvalue weighted by molar-refractivity contribution is -0.384. The molecule has 0 unspecified atom stereocenters. The first-order valence-corrected chi connectivity index (χ1v) is 8.14. The zero-order valence-corrected chi connectivity index (χ0v) is 15.0. The van der Waals surface area contributed by atoms with Crippen LogP contribution in [0, 0.1) is 16.0 Å². The van der Waals surface area contributed by atoms with E-state index in [1.807, 2.05) is 13.8 Å². The number of nitrogens with one attached hydrogen (secondary N) is 2. The summed E-state index contributed by atoms with van der Waals surface area (Å²) >= 11 is 0. The quantitative estimate of drug-likeness (QED) is 0.387. The van der Waals surface area contributed by atoms with Crippen molar-refractivity contribution >= 4 is 23.5 Å². The van der Waals surface area contributed by atoms with Gasteiger partial charge in [-0.25, -0.2) is 4.79 Å². The summed E-state index contributed by atoms with van der Waals surface area (Å²) < 4.78 is 4.67. The fourth-order valence-corrected chi connectivity index (χ4v) is 2.22. The fourth-order valence-electron chi connectivity index (χ4n) is 2.22. The van der Waals surface area contributed by atoms with E-state index < -0.39 is 22.8 Å². The number of non-ortho nitro benzene ring substituents is 1. The lowest BCUT2D eigenvalue weighted by atomic mass is 10.0. The van der Waals surface area contributed by atoms with Crippen LogP contribution in [0.3, 0.4) is 0 Å². The molecule has 1 rings (SSSR count). The van der Waals surface area contributed by atoms with Gasteiger partial charge in [0.15, 0.2) is 0 Å². The summed E-state index contributed by atoms with van der Waals surface area (Å²) in [7, 11) is 1.26. The van der Waals surface area contributed by atoms with E-state index in [9.17, 15) is 24.5 Å². The lowest BCUT2D eigenvalue weighted by Gasteiger charge is -2.18. The molecule has 0 fully saturated rings. The average molecular weight is 365 g/mol. The Hall–Kier alpha value is -2.97. The first kappa shape index (κ1) is 21.1. The van der Waals surface area contributed by atoms with Gasteiger partial charge in [0.25, 0.3) is 11.6 Å². The third kappa shape index (κ3) is 6.88. The number of hydrogen-bond donors (Lipinski definition) is 2. The molecule has 0 radical (unpaired) electrons. The Morgan fingerprint density at radius 2 is 1.81 bits per heavy atom. The van der Waals surface area contributed by atoms with Crippen LogP contribution in [0.5, 0.6) is 0 Å². The molecule has 9 nitrogen and oxygen atoms in total. The van der Waals surface area contributed by atoms with Gasteiger partial charge in [0.2, 0.25) is 5.91 Å². The Kier molecular flexibility index (Phi) is 8.20. The van der Waals surface area contributed by atoms with Gasteiger partial charge < -0.3 is 15.4 Å². The second-order valence-corrected chi connectivity index (χ2v) is 6.08. The molecule has 9 heteroatoms. The first-order chi connectivity index (χ1) is 12.2. The molecule has 0 bridgehead atoms. The number of nitro benzene ring substituents is 1. The highest BCUT2D eigenvalue weighted by Crippen LogP contribution is 2.11. The summed E-state index contributed by atoms with van der Waals surface area (Å²) in [5, 5.41) is 15.7. The molecule has 0 heterocycles. The number of nitrogens with zero attached hydrogens (tertiary/aromatic N) is 1. The molecule has 142 valence electrons. The van der Waals surface area contributed by atoms with Crippen LogP contribution >= 0.6 is 0 Å². The van der Waals surface area contributed by atoms with Crippen molar-refractivity contribution in [3.05, 3.63) is 39.9 Å². The number of rotatable bonds is 9. The smallest absolute Gasteiger partial charge is 0.328 e. The number of benzene rings is 1. The van der Waals surface area contributed by atoms with Crippen LogP contribution in [0.1, 0.15) is 37.0 Å². The van der Waals surface area contributed by atoms with Crippen LogP contribution < -0.4 is 10.6 Å². The van der Waals surface area contributed by atoms with E-state index in [0.29, 0.717) is 6.42 Å². The van der Waals surface area contributed by atoms with Gasteiger partial charge >= 0.3 is 5.97 Å². The normalized spacial score (nSPS) is 11.5. The maximum absolute atomic E-state index is 11.9. The van der Waals surface area contributed by atoms with Gasteiger partial charge in [-0.05, 0) is 24.5 Å². The van der Waals surface area contributed by atoms with Crippen LogP contribution in [0.15, 0.2) is 24.3 Å². The van der Waals surface area contributed by atoms with E-state index in [1.54, 1.807) is 0 Å². The maximum Gasteiger partial charge on any atom is 0.328 e. The highest BCUT2D eigenvalue weighted by atomic mass is 16.6. The largest absolute Gasteiger partial charge is 0.467 e. The van der Waals surface area contributed by atoms with Gasteiger partial charge in [-0.3, -0.25) is 19.7 Å². The summed E-state index contributed by atoms with van der Waals surface area (Å²) in [5.74, 6) is -1.15. The van der Waals surface area contributed by atoms with Gasteiger partial charge in [0.05, 0.1) is 12.0 Å². The summed E-state index contributed by atoms with van der Waals surface area (Å²) in [6.45, 7) is 3.91. The molecule has 2 N–H and O–H groups in total. The number of methoxy groups -OCH3 is 1. The van der Waals surface area contributed by atoms with E-state index in [1.165, 1.54) is 31.4 Å². The first-order valence-electron chi connectivity index (χ1n) is 8.14. The number of carbonyl (C=O) groups is 3. The summed E-state index contributed by atoms with van der Waals surface area (Å²) in [6.07, 6.45) is 0.442. The SMILES string of the molecule is COC(=O)[C@@H](CC(C)C)NC(=O)CCNC(=O)c1ccc([N+](=O)[O-])cc1. The molecular formula is C17H23N3O6. The summed E-state index contributed by atoms with van der Waals surface area (Å²) in [6, 6.07) is 4.41. The molecule has 1 aromatic carbocycles. The van der Waals surface area contributed by atoms with Crippen LogP contribution in [0.2, 0.25) is 0 Å². The van der Waals surface area contributed by atoms with E-state index in [2.05, 4.69) is 15.4 Å². The maximum atomic E-state index is 11.9. The van der Waals surface area contributed by atoms with E-state index in [4.69, 9.17) is 0 Å². The minimum Gasteiger partial charge on any atom is -0.467 e. The zero-order valence-electron chi connectivity index (χ0n) is 15.0. The van der Waals surface area contributed by atoms with Crippen molar-refractivity contribution in [3.8, 4) is 0 Å². The van der Waals surface area contributed by atoms with Crippen molar-refractivity contribution in [3.63, 3.8) is 0 Å².